The number of likely N-dealkylation sites (N-methyl/N-ethyl adjacent to an activating group) is 1. The zero-order valence-electron chi connectivity index (χ0n) is 8.92. The van der Waals surface area contributed by atoms with Gasteiger partial charge in [-0.2, -0.15) is 0 Å². The average molecular weight is 194 g/mol. The van der Waals surface area contributed by atoms with Crippen LogP contribution in [0.3, 0.4) is 0 Å². The van der Waals surface area contributed by atoms with Gasteiger partial charge >= 0.3 is 0 Å². The number of oxazole rings is 1. The third kappa shape index (κ3) is 1.98. The van der Waals surface area contributed by atoms with Crippen molar-refractivity contribution in [3.8, 4) is 0 Å². The van der Waals surface area contributed by atoms with Crippen LogP contribution in [0.1, 0.15) is 43.8 Å². The fraction of sp³-hybridized carbons (Fsp3) is 0.727. The first-order valence-electron chi connectivity index (χ1n) is 5.41. The molecule has 1 unspecified atom stereocenters. The smallest absolute Gasteiger partial charge is 0.197 e. The second kappa shape index (κ2) is 4.13. The van der Waals surface area contributed by atoms with Crippen molar-refractivity contribution in [3.05, 3.63) is 17.8 Å². The molecule has 0 bridgehead atoms. The van der Waals surface area contributed by atoms with Gasteiger partial charge in [0.1, 0.15) is 5.76 Å². The number of hydrogen-bond acceptors (Lipinski definition) is 3. The number of nitrogens with zero attached hydrogens (tertiary/aromatic N) is 1. The van der Waals surface area contributed by atoms with E-state index in [0.717, 1.165) is 18.1 Å². The van der Waals surface area contributed by atoms with Gasteiger partial charge < -0.3 is 9.73 Å². The summed E-state index contributed by atoms with van der Waals surface area (Å²) in [6.45, 7) is 2.14. The van der Waals surface area contributed by atoms with E-state index in [1.54, 1.807) is 0 Å². The Bertz CT molecular complexity index is 291. The first kappa shape index (κ1) is 9.71. The molecule has 1 fully saturated rings. The van der Waals surface area contributed by atoms with E-state index in [1.165, 1.54) is 19.3 Å². The molecular weight excluding hydrogens is 176 g/mol. The van der Waals surface area contributed by atoms with E-state index in [1.807, 2.05) is 13.2 Å². The molecule has 2 rings (SSSR count). The molecule has 0 radical (unpaired) electrons. The molecule has 1 heterocycles. The number of rotatable bonds is 4. The van der Waals surface area contributed by atoms with E-state index in [4.69, 9.17) is 4.42 Å². The van der Waals surface area contributed by atoms with Gasteiger partial charge in [0.05, 0.1) is 6.20 Å². The van der Waals surface area contributed by atoms with Crippen LogP contribution in [0.25, 0.3) is 0 Å². The molecule has 1 N–H and O–H groups in total. The molecule has 1 aliphatic carbocycles. The normalized spacial score (nSPS) is 19.3. The van der Waals surface area contributed by atoms with E-state index < -0.39 is 0 Å². The van der Waals surface area contributed by atoms with Crippen molar-refractivity contribution in [2.75, 3.05) is 7.05 Å². The van der Waals surface area contributed by atoms with Crippen molar-refractivity contribution in [1.29, 1.82) is 0 Å². The Hall–Kier alpha value is -0.830. The highest BCUT2D eigenvalue weighted by Gasteiger charge is 2.24. The second-order valence-electron chi connectivity index (χ2n) is 4.19. The van der Waals surface area contributed by atoms with E-state index >= 15 is 0 Å². The van der Waals surface area contributed by atoms with Gasteiger partial charge in [-0.3, -0.25) is 0 Å². The highest BCUT2D eigenvalue weighted by atomic mass is 16.4. The molecule has 0 saturated heterocycles. The minimum Gasteiger partial charge on any atom is -0.445 e. The Morgan fingerprint density at radius 3 is 3.00 bits per heavy atom. The maximum absolute atomic E-state index is 5.71. The molecule has 0 aromatic carbocycles. The second-order valence-corrected chi connectivity index (χ2v) is 4.19. The monoisotopic (exact) mass is 194 g/mol. The lowest BCUT2D eigenvalue weighted by Crippen LogP contribution is -2.23. The van der Waals surface area contributed by atoms with Crippen LogP contribution >= 0.6 is 0 Å². The van der Waals surface area contributed by atoms with Gasteiger partial charge in [0.15, 0.2) is 5.89 Å². The minimum atomic E-state index is 0.456. The quantitative estimate of drug-likeness (QED) is 0.797. The summed E-state index contributed by atoms with van der Waals surface area (Å²) < 4.78 is 5.71. The van der Waals surface area contributed by atoms with Crippen LogP contribution in [0.4, 0.5) is 0 Å². The molecular formula is C11H18N2O. The Kier molecular flexibility index (Phi) is 2.87. The van der Waals surface area contributed by atoms with E-state index in [-0.39, 0.29) is 0 Å². The molecule has 1 saturated carbocycles. The topological polar surface area (TPSA) is 38.1 Å². The molecule has 14 heavy (non-hydrogen) atoms. The van der Waals surface area contributed by atoms with Crippen LogP contribution in [0.2, 0.25) is 0 Å². The Morgan fingerprint density at radius 2 is 2.43 bits per heavy atom. The van der Waals surface area contributed by atoms with Gasteiger partial charge in [-0.05, 0) is 26.8 Å². The number of aromatic nitrogens is 1. The van der Waals surface area contributed by atoms with Crippen LogP contribution in [0.15, 0.2) is 10.6 Å². The summed E-state index contributed by atoms with van der Waals surface area (Å²) in [4.78, 5) is 4.33. The van der Waals surface area contributed by atoms with Crippen molar-refractivity contribution < 1.29 is 4.42 Å². The van der Waals surface area contributed by atoms with Crippen molar-refractivity contribution in [1.82, 2.24) is 10.3 Å². The van der Waals surface area contributed by atoms with E-state index in [2.05, 4.69) is 17.2 Å². The largest absolute Gasteiger partial charge is 0.445 e. The third-order valence-electron chi connectivity index (χ3n) is 3.03. The van der Waals surface area contributed by atoms with Crippen LogP contribution in [-0.2, 0) is 6.42 Å². The van der Waals surface area contributed by atoms with E-state index in [0.29, 0.717) is 12.0 Å². The molecule has 0 spiro atoms. The Morgan fingerprint density at radius 1 is 1.64 bits per heavy atom. The molecule has 3 heteroatoms. The molecule has 0 aliphatic heterocycles. The maximum atomic E-state index is 5.71. The van der Waals surface area contributed by atoms with Gasteiger partial charge in [0, 0.05) is 18.4 Å². The summed E-state index contributed by atoms with van der Waals surface area (Å²) in [6.07, 6.45) is 6.64. The van der Waals surface area contributed by atoms with Crippen LogP contribution in [0.5, 0.6) is 0 Å². The Labute approximate surface area is 84.9 Å². The summed E-state index contributed by atoms with van der Waals surface area (Å²) in [7, 11) is 1.97. The van der Waals surface area contributed by atoms with Crippen molar-refractivity contribution in [2.45, 2.75) is 44.6 Å². The van der Waals surface area contributed by atoms with Gasteiger partial charge in [-0.15, -0.1) is 0 Å². The number of nitrogens with one attached hydrogen (secondary N) is 1. The summed E-state index contributed by atoms with van der Waals surface area (Å²) in [6, 6.07) is 0.456. The predicted molar refractivity (Wildman–Crippen MR) is 55.3 cm³/mol. The highest BCUT2D eigenvalue weighted by Crippen LogP contribution is 2.35. The fourth-order valence-corrected chi connectivity index (χ4v) is 1.66. The predicted octanol–water partition coefficient (Wildman–Crippen LogP) is 2.09. The first-order chi connectivity index (χ1) is 6.79. The lowest BCUT2D eigenvalue weighted by atomic mass is 9.85. The van der Waals surface area contributed by atoms with Crippen LogP contribution in [0, 0.1) is 0 Å². The third-order valence-corrected chi connectivity index (χ3v) is 3.03. The molecule has 3 nitrogen and oxygen atoms in total. The lowest BCUT2D eigenvalue weighted by molar-refractivity contribution is 0.322. The van der Waals surface area contributed by atoms with Gasteiger partial charge in [0.2, 0.25) is 0 Å². The zero-order valence-corrected chi connectivity index (χ0v) is 8.92. The molecule has 1 aromatic rings. The zero-order chi connectivity index (χ0) is 9.97. The van der Waals surface area contributed by atoms with Crippen LogP contribution < -0.4 is 5.32 Å². The maximum Gasteiger partial charge on any atom is 0.197 e. The molecule has 1 aromatic heterocycles. The highest BCUT2D eigenvalue weighted by molar-refractivity contribution is 5.03. The number of hydrogen-bond donors (Lipinski definition) is 1. The summed E-state index contributed by atoms with van der Waals surface area (Å²) in [5.41, 5.74) is 0. The van der Waals surface area contributed by atoms with Crippen molar-refractivity contribution in [2.24, 2.45) is 0 Å². The SMILES string of the molecule is CNC(C)Cc1cnc(C2CCC2)o1. The van der Waals surface area contributed by atoms with Gasteiger partial charge in [0.25, 0.3) is 0 Å². The summed E-state index contributed by atoms with van der Waals surface area (Å²) in [5.74, 6) is 2.57. The molecule has 0 amide bonds. The molecule has 1 atom stereocenters. The van der Waals surface area contributed by atoms with E-state index in [9.17, 15) is 0 Å². The van der Waals surface area contributed by atoms with Gasteiger partial charge in [-0.25, -0.2) is 4.98 Å². The van der Waals surface area contributed by atoms with Crippen molar-refractivity contribution in [3.63, 3.8) is 0 Å². The molecule has 1 aliphatic rings. The minimum absolute atomic E-state index is 0.456. The molecule has 78 valence electrons. The van der Waals surface area contributed by atoms with Gasteiger partial charge in [-0.1, -0.05) is 6.42 Å². The van der Waals surface area contributed by atoms with Crippen molar-refractivity contribution >= 4 is 0 Å². The Balaban J connectivity index is 1.95. The summed E-state index contributed by atoms with van der Waals surface area (Å²) in [5, 5.41) is 3.19. The van der Waals surface area contributed by atoms with Crippen LogP contribution in [-0.4, -0.2) is 18.1 Å². The standard InChI is InChI=1S/C11H18N2O/c1-8(12-2)6-10-7-13-11(14-10)9-4-3-5-9/h7-9,12H,3-6H2,1-2H3. The average Bonchev–Trinajstić information content (AvgIpc) is 2.50. The fourth-order valence-electron chi connectivity index (χ4n) is 1.66. The summed E-state index contributed by atoms with van der Waals surface area (Å²) >= 11 is 0. The first-order valence-corrected chi connectivity index (χ1v) is 5.41. The lowest BCUT2D eigenvalue weighted by Gasteiger charge is -2.21.